The summed E-state index contributed by atoms with van der Waals surface area (Å²) in [5.74, 6) is 0.372. The molecule has 2 heterocycles. The number of amides is 1. The molecule has 0 unspecified atom stereocenters. The summed E-state index contributed by atoms with van der Waals surface area (Å²) >= 11 is 0. The van der Waals surface area contributed by atoms with Crippen LogP contribution in [-0.4, -0.2) is 40.0 Å². The van der Waals surface area contributed by atoms with Crippen molar-refractivity contribution in [1.29, 1.82) is 0 Å². The lowest BCUT2D eigenvalue weighted by atomic mass is 10.1. The zero-order chi connectivity index (χ0) is 17.8. The summed E-state index contributed by atoms with van der Waals surface area (Å²) in [6, 6.07) is 7.62. The molecule has 1 saturated heterocycles. The summed E-state index contributed by atoms with van der Waals surface area (Å²) < 4.78 is 1.84. The number of anilines is 2. The summed E-state index contributed by atoms with van der Waals surface area (Å²) in [5.41, 5.74) is 2.42. The van der Waals surface area contributed by atoms with Gasteiger partial charge in [0.05, 0.1) is 18.0 Å². The van der Waals surface area contributed by atoms with Gasteiger partial charge in [0.15, 0.2) is 0 Å². The Kier molecular flexibility index (Phi) is 5.38. The highest BCUT2D eigenvalue weighted by atomic mass is 16.3. The van der Waals surface area contributed by atoms with Crippen molar-refractivity contribution in [3.63, 3.8) is 0 Å². The van der Waals surface area contributed by atoms with Gasteiger partial charge in [0.2, 0.25) is 0 Å². The van der Waals surface area contributed by atoms with Crippen LogP contribution in [-0.2, 0) is 6.54 Å². The van der Waals surface area contributed by atoms with Crippen LogP contribution >= 0.6 is 0 Å². The zero-order valence-corrected chi connectivity index (χ0v) is 14.9. The van der Waals surface area contributed by atoms with Crippen molar-refractivity contribution in [3.8, 4) is 0 Å². The monoisotopic (exact) mass is 342 g/mol. The lowest BCUT2D eigenvalue weighted by Gasteiger charge is -2.31. The molecule has 6 nitrogen and oxygen atoms in total. The molecule has 2 aromatic rings. The minimum Gasteiger partial charge on any atom is -0.393 e. The predicted octanol–water partition coefficient (Wildman–Crippen LogP) is 2.75. The molecule has 0 atom stereocenters. The molecular weight excluding hydrogens is 316 g/mol. The number of hydrogen-bond donors (Lipinski definition) is 2. The molecule has 2 N–H and O–H groups in total. The summed E-state index contributed by atoms with van der Waals surface area (Å²) in [6.07, 6.45) is 4.93. The maximum atomic E-state index is 12.4. The summed E-state index contributed by atoms with van der Waals surface area (Å²) in [5, 5.41) is 16.7. The number of piperidine rings is 1. The third kappa shape index (κ3) is 4.60. The molecule has 0 saturated carbocycles. The van der Waals surface area contributed by atoms with E-state index in [4.69, 9.17) is 0 Å². The average molecular weight is 342 g/mol. The second-order valence-electron chi connectivity index (χ2n) is 7.06. The SMILES string of the molecule is CC(C)Cn1cc(NC(=O)c2ccc(N3CCC(O)CC3)cc2)cn1. The number of aliphatic hydroxyl groups excluding tert-OH is 1. The summed E-state index contributed by atoms with van der Waals surface area (Å²) in [4.78, 5) is 14.6. The van der Waals surface area contributed by atoms with Crippen LogP contribution in [0.4, 0.5) is 11.4 Å². The molecule has 1 aliphatic heterocycles. The molecule has 6 heteroatoms. The number of nitrogens with zero attached hydrogens (tertiary/aromatic N) is 3. The Morgan fingerprint density at radius 3 is 2.60 bits per heavy atom. The molecule has 1 aromatic carbocycles. The lowest BCUT2D eigenvalue weighted by Crippen LogP contribution is -2.35. The highest BCUT2D eigenvalue weighted by Gasteiger charge is 2.17. The Morgan fingerprint density at radius 2 is 1.96 bits per heavy atom. The van der Waals surface area contributed by atoms with Gasteiger partial charge >= 0.3 is 0 Å². The number of aliphatic hydroxyl groups is 1. The molecule has 134 valence electrons. The highest BCUT2D eigenvalue weighted by Crippen LogP contribution is 2.21. The van der Waals surface area contributed by atoms with E-state index in [-0.39, 0.29) is 12.0 Å². The van der Waals surface area contributed by atoms with Crippen molar-refractivity contribution in [2.45, 2.75) is 39.3 Å². The van der Waals surface area contributed by atoms with E-state index in [0.717, 1.165) is 38.2 Å². The fourth-order valence-electron chi connectivity index (χ4n) is 3.05. The Morgan fingerprint density at radius 1 is 1.28 bits per heavy atom. The van der Waals surface area contributed by atoms with E-state index >= 15 is 0 Å². The van der Waals surface area contributed by atoms with Crippen LogP contribution in [0.2, 0.25) is 0 Å². The number of rotatable bonds is 5. The average Bonchev–Trinajstić information content (AvgIpc) is 3.02. The van der Waals surface area contributed by atoms with Gasteiger partial charge in [-0.25, -0.2) is 0 Å². The lowest BCUT2D eigenvalue weighted by molar-refractivity contribution is 0.102. The van der Waals surface area contributed by atoms with Gasteiger partial charge in [-0.3, -0.25) is 9.48 Å². The molecular formula is C19H26N4O2. The van der Waals surface area contributed by atoms with E-state index in [1.165, 1.54) is 0 Å². The van der Waals surface area contributed by atoms with Crippen molar-refractivity contribution in [2.75, 3.05) is 23.3 Å². The molecule has 1 amide bonds. The van der Waals surface area contributed by atoms with Gasteiger partial charge < -0.3 is 15.3 Å². The van der Waals surface area contributed by atoms with Gasteiger partial charge in [-0.15, -0.1) is 0 Å². The first-order valence-corrected chi connectivity index (χ1v) is 8.88. The Hall–Kier alpha value is -2.34. The predicted molar refractivity (Wildman–Crippen MR) is 98.9 cm³/mol. The minimum atomic E-state index is -0.182. The van der Waals surface area contributed by atoms with E-state index in [0.29, 0.717) is 17.2 Å². The quantitative estimate of drug-likeness (QED) is 0.876. The van der Waals surface area contributed by atoms with Crippen LogP contribution in [0.5, 0.6) is 0 Å². The van der Waals surface area contributed by atoms with Crippen LogP contribution in [0.25, 0.3) is 0 Å². The number of nitrogens with one attached hydrogen (secondary N) is 1. The molecule has 1 aliphatic rings. The standard InChI is InChI=1S/C19H26N4O2/c1-14(2)12-23-13-16(11-20-23)21-19(25)15-3-5-17(6-4-15)22-9-7-18(24)8-10-22/h3-6,11,13-14,18,24H,7-10,12H2,1-2H3,(H,21,25). The van der Waals surface area contributed by atoms with Crippen LogP contribution in [0.3, 0.4) is 0 Å². The highest BCUT2D eigenvalue weighted by molar-refractivity contribution is 6.04. The molecule has 3 rings (SSSR count). The van der Waals surface area contributed by atoms with Crippen LogP contribution in [0.15, 0.2) is 36.7 Å². The first-order valence-electron chi connectivity index (χ1n) is 8.88. The van der Waals surface area contributed by atoms with Crippen LogP contribution in [0, 0.1) is 5.92 Å². The number of aromatic nitrogens is 2. The molecule has 1 aromatic heterocycles. The smallest absolute Gasteiger partial charge is 0.255 e. The number of benzene rings is 1. The first kappa shape index (κ1) is 17.5. The normalized spacial score (nSPS) is 15.6. The van der Waals surface area contributed by atoms with Gasteiger partial charge in [-0.1, -0.05) is 13.8 Å². The van der Waals surface area contributed by atoms with E-state index in [1.807, 2.05) is 35.1 Å². The van der Waals surface area contributed by atoms with Gasteiger partial charge in [0.1, 0.15) is 0 Å². The van der Waals surface area contributed by atoms with Gasteiger partial charge in [-0.2, -0.15) is 5.10 Å². The fraction of sp³-hybridized carbons (Fsp3) is 0.474. The van der Waals surface area contributed by atoms with E-state index in [1.54, 1.807) is 6.20 Å². The molecule has 0 bridgehead atoms. The van der Waals surface area contributed by atoms with Gasteiger partial charge in [0, 0.05) is 37.1 Å². The first-order chi connectivity index (χ1) is 12.0. The molecule has 1 fully saturated rings. The third-order valence-corrected chi connectivity index (χ3v) is 4.40. The van der Waals surface area contributed by atoms with Crippen molar-refractivity contribution < 1.29 is 9.90 Å². The van der Waals surface area contributed by atoms with Crippen molar-refractivity contribution in [1.82, 2.24) is 9.78 Å². The number of carbonyl (C=O) groups excluding carboxylic acids is 1. The Bertz CT molecular complexity index is 700. The topological polar surface area (TPSA) is 70.4 Å². The third-order valence-electron chi connectivity index (χ3n) is 4.40. The number of hydrogen-bond acceptors (Lipinski definition) is 4. The largest absolute Gasteiger partial charge is 0.393 e. The second kappa shape index (κ2) is 7.70. The van der Waals surface area contributed by atoms with Crippen molar-refractivity contribution >= 4 is 17.3 Å². The van der Waals surface area contributed by atoms with E-state index in [9.17, 15) is 9.90 Å². The zero-order valence-electron chi connectivity index (χ0n) is 14.9. The summed E-state index contributed by atoms with van der Waals surface area (Å²) in [6.45, 7) is 6.79. The van der Waals surface area contributed by atoms with Crippen LogP contribution < -0.4 is 10.2 Å². The van der Waals surface area contributed by atoms with Gasteiger partial charge in [-0.05, 0) is 43.0 Å². The van der Waals surface area contributed by atoms with Crippen molar-refractivity contribution in [2.24, 2.45) is 5.92 Å². The Labute approximate surface area is 148 Å². The second-order valence-corrected chi connectivity index (χ2v) is 7.06. The van der Waals surface area contributed by atoms with Crippen molar-refractivity contribution in [3.05, 3.63) is 42.2 Å². The molecule has 25 heavy (non-hydrogen) atoms. The van der Waals surface area contributed by atoms with E-state index < -0.39 is 0 Å². The molecule has 0 radical (unpaired) electrons. The van der Waals surface area contributed by atoms with E-state index in [2.05, 4.69) is 29.2 Å². The molecule has 0 aliphatic carbocycles. The fourth-order valence-corrected chi connectivity index (χ4v) is 3.05. The number of carbonyl (C=O) groups is 1. The van der Waals surface area contributed by atoms with Gasteiger partial charge in [0.25, 0.3) is 5.91 Å². The molecule has 0 spiro atoms. The maximum Gasteiger partial charge on any atom is 0.255 e. The maximum absolute atomic E-state index is 12.4. The summed E-state index contributed by atoms with van der Waals surface area (Å²) in [7, 11) is 0. The minimum absolute atomic E-state index is 0.135. The van der Waals surface area contributed by atoms with Crippen LogP contribution in [0.1, 0.15) is 37.0 Å². The Balaban J connectivity index is 1.60.